The normalized spacial score (nSPS) is 10.3. The second kappa shape index (κ2) is 6.36. The highest BCUT2D eigenvalue weighted by atomic mass is 16.5. The molecule has 23 heavy (non-hydrogen) atoms. The number of rotatable bonds is 4. The Labute approximate surface area is 135 Å². The van der Waals surface area contributed by atoms with Crippen LogP contribution in [0.3, 0.4) is 0 Å². The van der Waals surface area contributed by atoms with Crippen molar-refractivity contribution in [1.29, 1.82) is 0 Å². The van der Waals surface area contributed by atoms with E-state index in [0.717, 1.165) is 28.6 Å². The van der Waals surface area contributed by atoms with E-state index < -0.39 is 0 Å². The first-order valence-corrected chi connectivity index (χ1v) is 7.29. The van der Waals surface area contributed by atoms with Crippen molar-refractivity contribution >= 4 is 17.2 Å². The van der Waals surface area contributed by atoms with E-state index in [1.807, 2.05) is 73.5 Å². The molecule has 1 aromatic heterocycles. The lowest BCUT2D eigenvalue weighted by Crippen LogP contribution is -2.14. The number of aryl methyl sites for hydroxylation is 1. The van der Waals surface area contributed by atoms with Crippen molar-refractivity contribution in [2.45, 2.75) is 6.92 Å². The second-order valence-corrected chi connectivity index (χ2v) is 5.16. The maximum atomic E-state index is 5.97. The number of nitrogens with zero attached hydrogens (tertiary/aromatic N) is 3. The van der Waals surface area contributed by atoms with E-state index >= 15 is 0 Å². The van der Waals surface area contributed by atoms with Crippen LogP contribution in [0.1, 0.15) is 5.69 Å². The Morgan fingerprint density at radius 2 is 1.57 bits per heavy atom. The first-order chi connectivity index (χ1) is 11.1. The van der Waals surface area contributed by atoms with Crippen molar-refractivity contribution in [2.24, 2.45) is 0 Å². The first-order valence-electron chi connectivity index (χ1n) is 7.29. The molecule has 0 bridgehead atoms. The predicted octanol–water partition coefficient (Wildman–Crippen LogP) is 3.93. The molecule has 0 unspecified atom stereocenters. The lowest BCUT2D eigenvalue weighted by Gasteiger charge is -2.22. The molecule has 0 aliphatic rings. The van der Waals surface area contributed by atoms with E-state index in [-0.39, 0.29) is 0 Å². The van der Waals surface area contributed by atoms with Crippen LogP contribution in [0, 0.1) is 6.92 Å². The summed E-state index contributed by atoms with van der Waals surface area (Å²) in [5.74, 6) is 2.05. The van der Waals surface area contributed by atoms with Crippen LogP contribution in [0.2, 0.25) is 0 Å². The van der Waals surface area contributed by atoms with Crippen molar-refractivity contribution in [3.05, 3.63) is 66.6 Å². The zero-order chi connectivity index (χ0) is 16.2. The van der Waals surface area contributed by atoms with Crippen LogP contribution in [0.5, 0.6) is 11.5 Å². The van der Waals surface area contributed by atoms with Crippen LogP contribution in [0.4, 0.5) is 17.2 Å². The van der Waals surface area contributed by atoms with Gasteiger partial charge in [-0.1, -0.05) is 18.2 Å². The average molecular weight is 306 g/mol. The highest BCUT2D eigenvalue weighted by molar-refractivity contribution is 5.73. The van der Waals surface area contributed by atoms with E-state index in [2.05, 4.69) is 9.97 Å². The van der Waals surface area contributed by atoms with Crippen molar-refractivity contribution in [3.63, 3.8) is 0 Å². The summed E-state index contributed by atoms with van der Waals surface area (Å²) < 4.78 is 5.80. The van der Waals surface area contributed by atoms with Crippen LogP contribution in [0.15, 0.2) is 60.9 Å². The fourth-order valence-corrected chi connectivity index (χ4v) is 2.39. The molecule has 116 valence electrons. The largest absolute Gasteiger partial charge is 0.457 e. The summed E-state index contributed by atoms with van der Waals surface area (Å²) in [6, 6.07) is 17.5. The quantitative estimate of drug-likeness (QED) is 0.791. The van der Waals surface area contributed by atoms with Gasteiger partial charge in [0.25, 0.3) is 0 Å². The number of anilines is 3. The van der Waals surface area contributed by atoms with Crippen LogP contribution in [-0.2, 0) is 0 Å². The molecule has 0 aliphatic carbocycles. The Hall–Kier alpha value is -3.08. The fraction of sp³-hybridized carbons (Fsp3) is 0.111. The van der Waals surface area contributed by atoms with Gasteiger partial charge in [-0.2, -0.15) is 0 Å². The van der Waals surface area contributed by atoms with Gasteiger partial charge in [-0.05, 0) is 43.3 Å². The Bertz CT molecular complexity index is 768. The zero-order valence-corrected chi connectivity index (χ0v) is 13.1. The van der Waals surface area contributed by atoms with E-state index in [1.165, 1.54) is 6.33 Å². The SMILES string of the molecule is Cc1ncnc(N)c1N(C)c1ccc(Oc2ccccc2)cc1. The smallest absolute Gasteiger partial charge is 0.151 e. The minimum absolute atomic E-state index is 0.463. The van der Waals surface area contributed by atoms with Gasteiger partial charge in [-0.15, -0.1) is 0 Å². The minimum Gasteiger partial charge on any atom is -0.457 e. The zero-order valence-electron chi connectivity index (χ0n) is 13.1. The molecule has 5 heteroatoms. The summed E-state index contributed by atoms with van der Waals surface area (Å²) in [5, 5.41) is 0. The molecule has 0 saturated carbocycles. The number of aromatic nitrogens is 2. The number of hydrogen-bond acceptors (Lipinski definition) is 5. The third-order valence-electron chi connectivity index (χ3n) is 3.57. The Kier molecular flexibility index (Phi) is 4.10. The molecule has 1 heterocycles. The summed E-state index contributed by atoms with van der Waals surface area (Å²) in [7, 11) is 1.94. The summed E-state index contributed by atoms with van der Waals surface area (Å²) >= 11 is 0. The summed E-state index contributed by atoms with van der Waals surface area (Å²) in [6.45, 7) is 1.91. The number of ether oxygens (including phenoxy) is 1. The number of hydrogen-bond donors (Lipinski definition) is 1. The molecular formula is C18H18N4O. The van der Waals surface area contributed by atoms with Crippen LogP contribution < -0.4 is 15.4 Å². The fourth-order valence-electron chi connectivity index (χ4n) is 2.39. The molecule has 0 aliphatic heterocycles. The number of para-hydroxylation sites is 1. The topological polar surface area (TPSA) is 64.3 Å². The van der Waals surface area contributed by atoms with Crippen molar-refractivity contribution in [1.82, 2.24) is 9.97 Å². The average Bonchev–Trinajstić information content (AvgIpc) is 2.56. The van der Waals surface area contributed by atoms with Crippen LogP contribution in [0.25, 0.3) is 0 Å². The molecule has 0 radical (unpaired) electrons. The van der Waals surface area contributed by atoms with Gasteiger partial charge in [0.2, 0.25) is 0 Å². The predicted molar refractivity (Wildman–Crippen MR) is 92.2 cm³/mol. The van der Waals surface area contributed by atoms with Gasteiger partial charge in [0, 0.05) is 12.7 Å². The summed E-state index contributed by atoms with van der Waals surface area (Å²) in [4.78, 5) is 10.2. The third kappa shape index (κ3) is 3.23. The van der Waals surface area contributed by atoms with E-state index in [1.54, 1.807) is 0 Å². The van der Waals surface area contributed by atoms with Crippen LogP contribution >= 0.6 is 0 Å². The number of nitrogens with two attached hydrogens (primary N) is 1. The molecule has 0 amide bonds. The molecule has 3 rings (SSSR count). The maximum absolute atomic E-state index is 5.97. The Balaban J connectivity index is 1.82. The van der Waals surface area contributed by atoms with E-state index in [4.69, 9.17) is 10.5 Å². The van der Waals surface area contributed by atoms with E-state index in [9.17, 15) is 0 Å². The van der Waals surface area contributed by atoms with Crippen molar-refractivity contribution < 1.29 is 4.74 Å². The molecule has 0 spiro atoms. The Morgan fingerprint density at radius 3 is 2.22 bits per heavy atom. The highest BCUT2D eigenvalue weighted by Crippen LogP contribution is 2.31. The lowest BCUT2D eigenvalue weighted by atomic mass is 10.2. The first kappa shape index (κ1) is 14.8. The van der Waals surface area contributed by atoms with Gasteiger partial charge < -0.3 is 15.4 Å². The van der Waals surface area contributed by atoms with Gasteiger partial charge >= 0.3 is 0 Å². The molecule has 0 atom stereocenters. The van der Waals surface area contributed by atoms with E-state index in [0.29, 0.717) is 5.82 Å². The molecule has 5 nitrogen and oxygen atoms in total. The number of benzene rings is 2. The monoisotopic (exact) mass is 306 g/mol. The number of nitrogen functional groups attached to an aromatic ring is 1. The highest BCUT2D eigenvalue weighted by Gasteiger charge is 2.12. The minimum atomic E-state index is 0.463. The standard InChI is InChI=1S/C18H18N4O/c1-13-17(18(19)21-12-20-13)22(2)14-8-10-16(11-9-14)23-15-6-4-3-5-7-15/h3-12H,1-2H3,(H2,19,20,21). The molecule has 0 fully saturated rings. The van der Waals surface area contributed by atoms with Crippen molar-refractivity contribution in [3.8, 4) is 11.5 Å². The van der Waals surface area contributed by atoms with Crippen LogP contribution in [-0.4, -0.2) is 17.0 Å². The third-order valence-corrected chi connectivity index (χ3v) is 3.57. The summed E-state index contributed by atoms with van der Waals surface area (Å²) in [6.07, 6.45) is 1.47. The Morgan fingerprint density at radius 1 is 0.913 bits per heavy atom. The second-order valence-electron chi connectivity index (χ2n) is 5.16. The van der Waals surface area contributed by atoms with Gasteiger partial charge in [0.15, 0.2) is 5.82 Å². The van der Waals surface area contributed by atoms with Gasteiger partial charge in [0.1, 0.15) is 23.5 Å². The molecule has 3 aromatic rings. The molecular weight excluding hydrogens is 288 g/mol. The van der Waals surface area contributed by atoms with Gasteiger partial charge in [-0.25, -0.2) is 9.97 Å². The van der Waals surface area contributed by atoms with Gasteiger partial charge in [-0.3, -0.25) is 0 Å². The molecule has 2 N–H and O–H groups in total. The lowest BCUT2D eigenvalue weighted by molar-refractivity contribution is 0.483. The molecule has 2 aromatic carbocycles. The van der Waals surface area contributed by atoms with Gasteiger partial charge in [0.05, 0.1) is 5.69 Å². The maximum Gasteiger partial charge on any atom is 0.151 e. The molecule has 0 saturated heterocycles. The van der Waals surface area contributed by atoms with Crippen molar-refractivity contribution in [2.75, 3.05) is 17.7 Å². The summed E-state index contributed by atoms with van der Waals surface area (Å²) in [5.41, 5.74) is 8.60.